The lowest BCUT2D eigenvalue weighted by atomic mass is 10.2. The lowest BCUT2D eigenvalue weighted by molar-refractivity contribution is 0.0600. The number of nitrogens with zero attached hydrogens (tertiary/aromatic N) is 2. The van der Waals surface area contributed by atoms with E-state index < -0.39 is 0 Å². The van der Waals surface area contributed by atoms with Gasteiger partial charge in [-0.2, -0.15) is 0 Å². The number of nitrogens with two attached hydrogens (primary N) is 1. The van der Waals surface area contributed by atoms with Crippen molar-refractivity contribution in [2.24, 2.45) is 5.73 Å². The highest BCUT2D eigenvalue weighted by Gasteiger charge is 2.19. The van der Waals surface area contributed by atoms with Crippen molar-refractivity contribution in [2.75, 3.05) is 20.2 Å². The largest absolute Gasteiger partial charge is 0.465 e. The highest BCUT2D eigenvalue weighted by Crippen LogP contribution is 2.11. The molecule has 0 spiro atoms. The molecule has 0 radical (unpaired) electrons. The van der Waals surface area contributed by atoms with Crippen LogP contribution in [0.2, 0.25) is 0 Å². The molecule has 0 unspecified atom stereocenters. The Hall–Kier alpha value is -1.46. The number of hydrogen-bond donors (Lipinski definition) is 1. The molecule has 92 valence electrons. The van der Waals surface area contributed by atoms with Crippen molar-refractivity contribution in [2.45, 2.75) is 19.0 Å². The molecular formula is C12H17N3O2. The van der Waals surface area contributed by atoms with E-state index in [4.69, 9.17) is 5.73 Å². The topological polar surface area (TPSA) is 68.5 Å². The van der Waals surface area contributed by atoms with Gasteiger partial charge in [-0.1, -0.05) is 0 Å². The Balaban J connectivity index is 1.96. The number of pyridine rings is 1. The van der Waals surface area contributed by atoms with Crippen LogP contribution >= 0.6 is 0 Å². The van der Waals surface area contributed by atoms with Gasteiger partial charge >= 0.3 is 5.97 Å². The van der Waals surface area contributed by atoms with Gasteiger partial charge in [-0.3, -0.25) is 9.88 Å². The van der Waals surface area contributed by atoms with E-state index in [1.54, 1.807) is 12.3 Å². The van der Waals surface area contributed by atoms with E-state index in [1.165, 1.54) is 7.11 Å². The standard InChI is InChI=1S/C12H17N3O2/c1-17-12(16)9-2-3-11(14-6-9)8-15-5-4-10(13)7-15/h2-3,6,10H,4-5,7-8,13H2,1H3/t10-/m1/s1. The van der Waals surface area contributed by atoms with Crippen LogP contribution in [0.3, 0.4) is 0 Å². The van der Waals surface area contributed by atoms with E-state index >= 15 is 0 Å². The van der Waals surface area contributed by atoms with Crippen LogP contribution in [0.25, 0.3) is 0 Å². The molecule has 1 fully saturated rings. The molecule has 1 aromatic rings. The monoisotopic (exact) mass is 235 g/mol. The summed E-state index contributed by atoms with van der Waals surface area (Å²) >= 11 is 0. The van der Waals surface area contributed by atoms with Crippen LogP contribution in [-0.2, 0) is 11.3 Å². The van der Waals surface area contributed by atoms with E-state index in [2.05, 4.69) is 14.6 Å². The zero-order valence-corrected chi connectivity index (χ0v) is 9.93. The van der Waals surface area contributed by atoms with Crippen LogP contribution in [-0.4, -0.2) is 42.1 Å². The first kappa shape index (κ1) is 12.0. The number of carbonyl (C=O) groups is 1. The van der Waals surface area contributed by atoms with Crippen LogP contribution in [0.5, 0.6) is 0 Å². The van der Waals surface area contributed by atoms with Gasteiger partial charge in [-0.05, 0) is 18.6 Å². The molecule has 0 amide bonds. The van der Waals surface area contributed by atoms with Crippen molar-refractivity contribution in [3.05, 3.63) is 29.6 Å². The van der Waals surface area contributed by atoms with E-state index in [0.29, 0.717) is 5.56 Å². The number of ether oxygens (including phenoxy) is 1. The van der Waals surface area contributed by atoms with Crippen LogP contribution in [0.15, 0.2) is 18.3 Å². The third kappa shape index (κ3) is 3.01. The zero-order valence-electron chi connectivity index (χ0n) is 9.93. The van der Waals surface area contributed by atoms with Gasteiger partial charge in [0.15, 0.2) is 0 Å². The molecule has 0 aliphatic carbocycles. The second-order valence-electron chi connectivity index (χ2n) is 4.31. The van der Waals surface area contributed by atoms with Gasteiger partial charge in [0.05, 0.1) is 18.4 Å². The first-order valence-electron chi connectivity index (χ1n) is 5.70. The van der Waals surface area contributed by atoms with E-state index in [9.17, 15) is 4.79 Å². The molecule has 0 aromatic carbocycles. The number of carbonyl (C=O) groups excluding carboxylic acids is 1. The fourth-order valence-electron chi connectivity index (χ4n) is 1.99. The summed E-state index contributed by atoms with van der Waals surface area (Å²) in [5, 5.41) is 0. The van der Waals surface area contributed by atoms with Gasteiger partial charge in [0.25, 0.3) is 0 Å². The second-order valence-corrected chi connectivity index (χ2v) is 4.31. The Labute approximate surface area is 101 Å². The molecule has 5 nitrogen and oxygen atoms in total. The normalized spacial score (nSPS) is 20.5. The first-order valence-corrected chi connectivity index (χ1v) is 5.70. The summed E-state index contributed by atoms with van der Waals surface area (Å²) in [4.78, 5) is 17.7. The van der Waals surface area contributed by atoms with Crippen LogP contribution in [0.4, 0.5) is 0 Å². The van der Waals surface area contributed by atoms with Crippen molar-refractivity contribution in [3.63, 3.8) is 0 Å². The van der Waals surface area contributed by atoms with E-state index in [1.807, 2.05) is 6.07 Å². The summed E-state index contributed by atoms with van der Waals surface area (Å²) in [5.74, 6) is -0.354. The molecule has 1 aliphatic rings. The van der Waals surface area contributed by atoms with Crippen molar-refractivity contribution in [1.29, 1.82) is 0 Å². The van der Waals surface area contributed by atoms with E-state index in [-0.39, 0.29) is 12.0 Å². The first-order chi connectivity index (χ1) is 8.19. The highest BCUT2D eigenvalue weighted by molar-refractivity contribution is 5.88. The molecule has 2 N–H and O–H groups in total. The molecule has 2 heterocycles. The molecule has 17 heavy (non-hydrogen) atoms. The van der Waals surface area contributed by atoms with Crippen molar-refractivity contribution in [1.82, 2.24) is 9.88 Å². The van der Waals surface area contributed by atoms with Crippen molar-refractivity contribution in [3.8, 4) is 0 Å². The molecule has 1 aromatic heterocycles. The molecule has 2 rings (SSSR count). The minimum absolute atomic E-state index is 0.282. The lowest BCUT2D eigenvalue weighted by Crippen LogP contribution is -2.26. The molecule has 1 saturated heterocycles. The van der Waals surface area contributed by atoms with Crippen molar-refractivity contribution >= 4 is 5.97 Å². The molecule has 5 heteroatoms. The van der Waals surface area contributed by atoms with Crippen LogP contribution < -0.4 is 5.73 Å². The molecule has 1 aliphatic heterocycles. The predicted molar refractivity (Wildman–Crippen MR) is 63.4 cm³/mol. The third-order valence-corrected chi connectivity index (χ3v) is 2.94. The minimum Gasteiger partial charge on any atom is -0.465 e. The van der Waals surface area contributed by atoms with Gasteiger partial charge in [0.2, 0.25) is 0 Å². The maximum Gasteiger partial charge on any atom is 0.339 e. The summed E-state index contributed by atoms with van der Waals surface area (Å²) in [6.45, 7) is 2.72. The lowest BCUT2D eigenvalue weighted by Gasteiger charge is -2.14. The van der Waals surface area contributed by atoms with Crippen LogP contribution in [0.1, 0.15) is 22.5 Å². The molecule has 1 atom stereocenters. The fraction of sp³-hybridized carbons (Fsp3) is 0.500. The average Bonchev–Trinajstić information content (AvgIpc) is 2.75. The van der Waals surface area contributed by atoms with Gasteiger partial charge in [0.1, 0.15) is 0 Å². The zero-order chi connectivity index (χ0) is 12.3. The summed E-state index contributed by atoms with van der Waals surface area (Å²) in [6.07, 6.45) is 2.59. The summed E-state index contributed by atoms with van der Waals surface area (Å²) in [5.41, 5.74) is 7.27. The summed E-state index contributed by atoms with van der Waals surface area (Å²) in [7, 11) is 1.36. The maximum atomic E-state index is 11.2. The maximum absolute atomic E-state index is 11.2. The fourth-order valence-corrected chi connectivity index (χ4v) is 1.99. The number of methoxy groups -OCH3 is 1. The average molecular weight is 235 g/mol. The number of hydrogen-bond acceptors (Lipinski definition) is 5. The molecule has 0 saturated carbocycles. The summed E-state index contributed by atoms with van der Waals surface area (Å²) < 4.78 is 4.62. The Morgan fingerprint density at radius 1 is 1.65 bits per heavy atom. The Morgan fingerprint density at radius 3 is 3.00 bits per heavy atom. The number of likely N-dealkylation sites (tertiary alicyclic amines) is 1. The quantitative estimate of drug-likeness (QED) is 0.768. The van der Waals surface area contributed by atoms with E-state index in [0.717, 1.165) is 31.7 Å². The number of esters is 1. The van der Waals surface area contributed by atoms with Crippen molar-refractivity contribution < 1.29 is 9.53 Å². The Morgan fingerprint density at radius 2 is 2.47 bits per heavy atom. The molecular weight excluding hydrogens is 218 g/mol. The van der Waals surface area contributed by atoms with Gasteiger partial charge in [-0.25, -0.2) is 4.79 Å². The van der Waals surface area contributed by atoms with Gasteiger partial charge < -0.3 is 10.5 Å². The SMILES string of the molecule is COC(=O)c1ccc(CN2CC[C@@H](N)C2)nc1. The molecule has 0 bridgehead atoms. The Kier molecular flexibility index (Phi) is 3.71. The number of aromatic nitrogens is 1. The third-order valence-electron chi connectivity index (χ3n) is 2.94. The number of rotatable bonds is 3. The van der Waals surface area contributed by atoms with Gasteiger partial charge in [0, 0.05) is 31.9 Å². The predicted octanol–water partition coefficient (Wildman–Crippen LogP) is 0.401. The second kappa shape index (κ2) is 5.25. The highest BCUT2D eigenvalue weighted by atomic mass is 16.5. The van der Waals surface area contributed by atoms with Gasteiger partial charge in [-0.15, -0.1) is 0 Å². The smallest absolute Gasteiger partial charge is 0.339 e. The Bertz CT molecular complexity index is 391. The van der Waals surface area contributed by atoms with Crippen LogP contribution in [0, 0.1) is 0 Å². The minimum atomic E-state index is -0.354. The summed E-state index contributed by atoms with van der Waals surface area (Å²) in [6, 6.07) is 3.88.